The molecule has 0 aliphatic heterocycles. The molecule has 2 aromatic carbocycles. The number of rotatable bonds is 3. The number of hydrogen-bond acceptors (Lipinski definition) is 1. The SMILES string of the molecule is NC(Cc1cccc(F)c1Cl)C1CCCc2ccccc21. The first-order valence-electron chi connectivity index (χ1n) is 7.43. The Morgan fingerprint density at radius 1 is 1.19 bits per heavy atom. The molecule has 1 aliphatic rings. The van der Waals surface area contributed by atoms with Crippen LogP contribution < -0.4 is 5.73 Å². The van der Waals surface area contributed by atoms with Gasteiger partial charge in [0.05, 0.1) is 5.02 Å². The van der Waals surface area contributed by atoms with Gasteiger partial charge in [-0.05, 0) is 54.4 Å². The first-order valence-corrected chi connectivity index (χ1v) is 7.81. The quantitative estimate of drug-likeness (QED) is 0.889. The van der Waals surface area contributed by atoms with Crippen molar-refractivity contribution in [3.63, 3.8) is 0 Å². The first-order chi connectivity index (χ1) is 10.2. The minimum absolute atomic E-state index is 0.0363. The van der Waals surface area contributed by atoms with Gasteiger partial charge in [0.15, 0.2) is 0 Å². The number of fused-ring (bicyclic) bond motifs is 1. The minimum Gasteiger partial charge on any atom is -0.327 e. The molecule has 3 heteroatoms. The van der Waals surface area contributed by atoms with E-state index in [2.05, 4.69) is 24.3 Å². The van der Waals surface area contributed by atoms with E-state index in [0.717, 1.165) is 24.8 Å². The molecular formula is C18H19ClFN. The number of benzene rings is 2. The molecule has 0 amide bonds. The van der Waals surface area contributed by atoms with E-state index >= 15 is 0 Å². The Labute approximate surface area is 129 Å². The van der Waals surface area contributed by atoms with Crippen LogP contribution in [0.15, 0.2) is 42.5 Å². The summed E-state index contributed by atoms with van der Waals surface area (Å²) in [5.74, 6) is -0.0419. The molecule has 0 saturated carbocycles. The van der Waals surface area contributed by atoms with Gasteiger partial charge in [0.1, 0.15) is 5.82 Å². The average Bonchev–Trinajstić information content (AvgIpc) is 2.51. The topological polar surface area (TPSA) is 26.0 Å². The second-order valence-corrected chi connectivity index (χ2v) is 6.16. The third kappa shape index (κ3) is 2.97. The van der Waals surface area contributed by atoms with Crippen molar-refractivity contribution in [2.24, 2.45) is 5.73 Å². The zero-order valence-corrected chi connectivity index (χ0v) is 12.6. The highest BCUT2D eigenvalue weighted by Gasteiger charge is 2.26. The van der Waals surface area contributed by atoms with Crippen LogP contribution in [0.1, 0.15) is 35.4 Å². The van der Waals surface area contributed by atoms with Gasteiger partial charge in [-0.15, -0.1) is 0 Å². The summed E-state index contributed by atoms with van der Waals surface area (Å²) in [7, 11) is 0. The van der Waals surface area contributed by atoms with Crippen LogP contribution in [-0.2, 0) is 12.8 Å². The Hall–Kier alpha value is -1.38. The van der Waals surface area contributed by atoms with Gasteiger partial charge in [-0.1, -0.05) is 48.0 Å². The Morgan fingerprint density at radius 3 is 2.86 bits per heavy atom. The Balaban J connectivity index is 1.83. The van der Waals surface area contributed by atoms with E-state index in [4.69, 9.17) is 17.3 Å². The lowest BCUT2D eigenvalue weighted by Gasteiger charge is -2.30. The standard InChI is InChI=1S/C18H19ClFN/c19-18-13(7-4-10-16(18)20)11-17(21)15-9-3-6-12-5-1-2-8-14(12)15/h1-2,4-5,7-8,10,15,17H,3,6,9,11,21H2. The third-order valence-corrected chi connectivity index (χ3v) is 4.84. The van der Waals surface area contributed by atoms with Crippen LogP contribution in [0, 0.1) is 5.82 Å². The number of aryl methyl sites for hydroxylation is 1. The van der Waals surface area contributed by atoms with Gasteiger partial charge in [0, 0.05) is 6.04 Å². The van der Waals surface area contributed by atoms with E-state index in [1.807, 2.05) is 6.07 Å². The largest absolute Gasteiger partial charge is 0.327 e. The van der Waals surface area contributed by atoms with E-state index in [1.54, 1.807) is 6.07 Å². The van der Waals surface area contributed by atoms with E-state index in [-0.39, 0.29) is 16.9 Å². The lowest BCUT2D eigenvalue weighted by Crippen LogP contribution is -2.33. The van der Waals surface area contributed by atoms with Crippen LogP contribution in [-0.4, -0.2) is 6.04 Å². The van der Waals surface area contributed by atoms with Gasteiger partial charge in [-0.2, -0.15) is 0 Å². The van der Waals surface area contributed by atoms with Gasteiger partial charge >= 0.3 is 0 Å². The molecule has 21 heavy (non-hydrogen) atoms. The van der Waals surface area contributed by atoms with Crippen molar-refractivity contribution in [3.05, 3.63) is 70.0 Å². The predicted octanol–water partition coefficient (Wildman–Crippen LogP) is 4.47. The molecule has 0 fully saturated rings. The number of nitrogens with two attached hydrogens (primary N) is 1. The van der Waals surface area contributed by atoms with Gasteiger partial charge in [0.2, 0.25) is 0 Å². The molecule has 0 radical (unpaired) electrons. The second-order valence-electron chi connectivity index (χ2n) is 5.78. The van der Waals surface area contributed by atoms with E-state index in [1.165, 1.54) is 17.2 Å². The maximum Gasteiger partial charge on any atom is 0.142 e. The van der Waals surface area contributed by atoms with Crippen molar-refractivity contribution in [2.45, 2.75) is 37.6 Å². The fourth-order valence-corrected chi connectivity index (χ4v) is 3.54. The first kappa shape index (κ1) is 14.6. The zero-order valence-electron chi connectivity index (χ0n) is 11.9. The minimum atomic E-state index is -0.370. The fraction of sp³-hybridized carbons (Fsp3) is 0.333. The highest BCUT2D eigenvalue weighted by molar-refractivity contribution is 6.31. The van der Waals surface area contributed by atoms with Crippen molar-refractivity contribution in [1.82, 2.24) is 0 Å². The molecule has 0 saturated heterocycles. The van der Waals surface area contributed by atoms with Crippen LogP contribution in [0.5, 0.6) is 0 Å². The van der Waals surface area contributed by atoms with Crippen molar-refractivity contribution in [1.29, 1.82) is 0 Å². The molecule has 2 N–H and O–H groups in total. The molecule has 110 valence electrons. The third-order valence-electron chi connectivity index (χ3n) is 4.42. The Morgan fingerprint density at radius 2 is 2.00 bits per heavy atom. The summed E-state index contributed by atoms with van der Waals surface area (Å²) in [4.78, 5) is 0. The van der Waals surface area contributed by atoms with Crippen LogP contribution in [0.4, 0.5) is 4.39 Å². The van der Waals surface area contributed by atoms with Crippen LogP contribution >= 0.6 is 11.6 Å². The van der Waals surface area contributed by atoms with Crippen molar-refractivity contribution < 1.29 is 4.39 Å². The van der Waals surface area contributed by atoms with Crippen LogP contribution in [0.2, 0.25) is 5.02 Å². The summed E-state index contributed by atoms with van der Waals surface area (Å²) in [5, 5.41) is 0.206. The molecule has 1 aliphatic carbocycles. The lowest BCUT2D eigenvalue weighted by molar-refractivity contribution is 0.459. The maximum atomic E-state index is 13.5. The van der Waals surface area contributed by atoms with Crippen LogP contribution in [0.25, 0.3) is 0 Å². The van der Waals surface area contributed by atoms with E-state index in [9.17, 15) is 4.39 Å². The summed E-state index contributed by atoms with van der Waals surface area (Å²) < 4.78 is 13.5. The summed E-state index contributed by atoms with van der Waals surface area (Å²) in [5.41, 5.74) is 9.98. The smallest absolute Gasteiger partial charge is 0.142 e. The zero-order chi connectivity index (χ0) is 14.8. The molecule has 2 aromatic rings. The molecule has 2 atom stereocenters. The van der Waals surface area contributed by atoms with Gasteiger partial charge in [0.25, 0.3) is 0 Å². The van der Waals surface area contributed by atoms with E-state index < -0.39 is 0 Å². The molecule has 1 nitrogen and oxygen atoms in total. The van der Waals surface area contributed by atoms with Gasteiger partial charge < -0.3 is 5.73 Å². The van der Waals surface area contributed by atoms with Crippen molar-refractivity contribution >= 4 is 11.6 Å². The fourth-order valence-electron chi connectivity index (χ4n) is 3.34. The lowest BCUT2D eigenvalue weighted by atomic mass is 9.77. The molecular weight excluding hydrogens is 285 g/mol. The summed E-state index contributed by atoms with van der Waals surface area (Å²) >= 11 is 6.05. The van der Waals surface area contributed by atoms with Gasteiger partial charge in [-0.3, -0.25) is 0 Å². The summed E-state index contributed by atoms with van der Waals surface area (Å²) in [6.45, 7) is 0. The second kappa shape index (κ2) is 6.17. The predicted molar refractivity (Wildman–Crippen MR) is 85.2 cm³/mol. The number of halogens is 2. The Kier molecular flexibility index (Phi) is 4.27. The number of hydrogen-bond donors (Lipinski definition) is 1. The molecule has 0 aromatic heterocycles. The summed E-state index contributed by atoms with van der Waals surface area (Å²) in [6, 6.07) is 13.4. The normalized spacial score (nSPS) is 19.1. The Bertz CT molecular complexity index is 641. The van der Waals surface area contributed by atoms with Crippen molar-refractivity contribution in [3.8, 4) is 0 Å². The molecule has 0 spiro atoms. The van der Waals surface area contributed by atoms with E-state index in [0.29, 0.717) is 12.3 Å². The molecule has 0 heterocycles. The highest BCUT2D eigenvalue weighted by atomic mass is 35.5. The monoisotopic (exact) mass is 303 g/mol. The van der Waals surface area contributed by atoms with Crippen molar-refractivity contribution in [2.75, 3.05) is 0 Å². The highest BCUT2D eigenvalue weighted by Crippen LogP contribution is 2.35. The summed E-state index contributed by atoms with van der Waals surface area (Å²) in [6.07, 6.45) is 3.98. The molecule has 3 rings (SSSR count). The average molecular weight is 304 g/mol. The van der Waals surface area contributed by atoms with Crippen LogP contribution in [0.3, 0.4) is 0 Å². The maximum absolute atomic E-state index is 13.5. The molecule has 2 unspecified atom stereocenters. The molecule has 0 bridgehead atoms. The van der Waals surface area contributed by atoms with Gasteiger partial charge in [-0.25, -0.2) is 4.39 Å².